The molecule has 0 spiro atoms. The van der Waals surface area contributed by atoms with Gasteiger partial charge in [-0.1, -0.05) is 15.9 Å². The third-order valence-corrected chi connectivity index (χ3v) is 2.41. The fourth-order valence-electron chi connectivity index (χ4n) is 0.223. The Morgan fingerprint density at radius 2 is 2.20 bits per heavy atom. The van der Waals surface area contributed by atoms with Crippen LogP contribution in [-0.2, 0) is 9.09 Å². The molecular formula is C3H7BrClO4P. The zero-order chi connectivity index (χ0) is 8.20. The summed E-state index contributed by atoms with van der Waals surface area (Å²) in [5, 5.41) is 0. The third kappa shape index (κ3) is 6.99. The molecule has 0 amide bonds. The van der Waals surface area contributed by atoms with E-state index in [1.54, 1.807) is 0 Å². The Labute approximate surface area is 71.9 Å². The van der Waals surface area contributed by atoms with Crippen LogP contribution >= 0.6 is 35.4 Å². The summed E-state index contributed by atoms with van der Waals surface area (Å²) in [6, 6.07) is 0. The van der Waals surface area contributed by atoms with Gasteiger partial charge in [0.15, 0.2) is 0 Å². The van der Waals surface area contributed by atoms with Crippen molar-refractivity contribution in [2.45, 2.75) is 4.83 Å². The molecule has 1 atom stereocenters. The predicted octanol–water partition coefficient (Wildman–Crippen LogP) is 1.10. The van der Waals surface area contributed by atoms with Crippen LogP contribution in [0.2, 0.25) is 0 Å². The Bertz CT molecular complexity index is 136. The van der Waals surface area contributed by atoms with Gasteiger partial charge in [-0.3, -0.25) is 4.52 Å². The van der Waals surface area contributed by atoms with Crippen molar-refractivity contribution in [1.29, 1.82) is 0 Å². The van der Waals surface area contributed by atoms with Crippen molar-refractivity contribution in [1.82, 2.24) is 0 Å². The number of phosphoric ester groups is 1. The van der Waals surface area contributed by atoms with E-state index in [1.807, 2.05) is 0 Å². The summed E-state index contributed by atoms with van der Waals surface area (Å²) < 4.78 is 14.2. The van der Waals surface area contributed by atoms with E-state index >= 15 is 0 Å². The minimum Gasteiger partial charge on any atom is -0.303 e. The zero-order valence-corrected chi connectivity index (χ0v) is 8.14. The van der Waals surface area contributed by atoms with Gasteiger partial charge in [-0.05, 0) is 0 Å². The number of phosphoric acid groups is 1. The summed E-state index contributed by atoms with van der Waals surface area (Å²) >= 11 is 8.33. The number of halogens is 2. The maximum absolute atomic E-state index is 10.1. The van der Waals surface area contributed by atoms with Crippen molar-refractivity contribution in [3.05, 3.63) is 0 Å². The van der Waals surface area contributed by atoms with E-state index < -0.39 is 7.82 Å². The molecule has 62 valence electrons. The summed E-state index contributed by atoms with van der Waals surface area (Å²) in [4.78, 5) is 16.2. The van der Waals surface area contributed by atoms with E-state index in [2.05, 4.69) is 20.5 Å². The Kier molecular flexibility index (Phi) is 5.11. The molecule has 2 N–H and O–H groups in total. The van der Waals surface area contributed by atoms with Gasteiger partial charge < -0.3 is 9.79 Å². The molecule has 0 bridgehead atoms. The van der Waals surface area contributed by atoms with Crippen LogP contribution in [0, 0.1) is 0 Å². The van der Waals surface area contributed by atoms with Crippen LogP contribution in [0.15, 0.2) is 0 Å². The highest BCUT2D eigenvalue weighted by Crippen LogP contribution is 2.36. The predicted molar refractivity (Wildman–Crippen MR) is 41.4 cm³/mol. The van der Waals surface area contributed by atoms with Crippen LogP contribution in [0.5, 0.6) is 0 Å². The second kappa shape index (κ2) is 4.70. The Morgan fingerprint density at radius 3 is 2.50 bits per heavy atom. The molecule has 7 heteroatoms. The van der Waals surface area contributed by atoms with Crippen LogP contribution < -0.4 is 0 Å². The third-order valence-electron chi connectivity index (χ3n) is 0.591. The monoisotopic (exact) mass is 252 g/mol. The van der Waals surface area contributed by atoms with Crippen LogP contribution in [0.25, 0.3) is 0 Å². The fourth-order valence-corrected chi connectivity index (χ4v) is 1.02. The summed E-state index contributed by atoms with van der Waals surface area (Å²) in [5.74, 6) is 0.250. The van der Waals surface area contributed by atoms with E-state index in [-0.39, 0.29) is 17.3 Å². The van der Waals surface area contributed by atoms with E-state index in [9.17, 15) is 4.57 Å². The van der Waals surface area contributed by atoms with Gasteiger partial charge in [0.2, 0.25) is 0 Å². The van der Waals surface area contributed by atoms with Gasteiger partial charge in [0.25, 0.3) is 0 Å². The van der Waals surface area contributed by atoms with Gasteiger partial charge in [-0.15, -0.1) is 11.6 Å². The molecule has 0 saturated heterocycles. The first-order valence-electron chi connectivity index (χ1n) is 2.36. The van der Waals surface area contributed by atoms with E-state index in [0.717, 1.165) is 0 Å². The number of alkyl halides is 2. The average molecular weight is 253 g/mol. The minimum absolute atomic E-state index is 0.0895. The molecule has 0 aliphatic heterocycles. The number of hydrogen-bond acceptors (Lipinski definition) is 2. The molecule has 4 nitrogen and oxygen atoms in total. The zero-order valence-electron chi connectivity index (χ0n) is 4.91. The number of hydrogen-bond donors (Lipinski definition) is 2. The fraction of sp³-hybridized carbons (Fsp3) is 1.00. The van der Waals surface area contributed by atoms with Crippen molar-refractivity contribution in [2.24, 2.45) is 0 Å². The van der Waals surface area contributed by atoms with Crippen LogP contribution in [0.4, 0.5) is 0 Å². The van der Waals surface area contributed by atoms with Crippen molar-refractivity contribution < 1.29 is 18.9 Å². The highest BCUT2D eigenvalue weighted by Gasteiger charge is 2.15. The van der Waals surface area contributed by atoms with Gasteiger partial charge >= 0.3 is 7.82 Å². The molecule has 0 aliphatic carbocycles. The lowest BCUT2D eigenvalue weighted by Gasteiger charge is -2.06. The second-order valence-electron chi connectivity index (χ2n) is 1.54. The smallest absolute Gasteiger partial charge is 0.303 e. The molecule has 0 rings (SSSR count). The standard InChI is InChI=1S/C3H7BrClO4P/c4-3(1-5)2-9-10(6,7)8/h3H,1-2H2,(H2,6,7,8). The highest BCUT2D eigenvalue weighted by molar-refractivity contribution is 9.09. The Hall–Kier alpha value is 0.880. The van der Waals surface area contributed by atoms with Crippen LogP contribution in [0.1, 0.15) is 0 Å². The first-order chi connectivity index (χ1) is 4.45. The normalized spacial score (nSPS) is 15.2. The Morgan fingerprint density at radius 1 is 1.70 bits per heavy atom. The molecule has 0 fully saturated rings. The van der Waals surface area contributed by atoms with E-state index in [4.69, 9.17) is 21.4 Å². The van der Waals surface area contributed by atoms with Crippen LogP contribution in [-0.4, -0.2) is 27.1 Å². The lowest BCUT2D eigenvalue weighted by Crippen LogP contribution is -2.08. The lowest BCUT2D eigenvalue weighted by molar-refractivity contribution is 0.200. The summed E-state index contributed by atoms with van der Waals surface area (Å²) in [6.45, 7) is -0.0895. The van der Waals surface area contributed by atoms with Crippen molar-refractivity contribution in [3.8, 4) is 0 Å². The molecule has 1 unspecified atom stereocenters. The SMILES string of the molecule is O=P(O)(O)OCC(Br)CCl. The average Bonchev–Trinajstić information content (AvgIpc) is 1.81. The second-order valence-corrected chi connectivity index (χ2v) is 4.38. The van der Waals surface area contributed by atoms with Gasteiger partial charge in [-0.2, -0.15) is 0 Å². The molecule has 0 aromatic rings. The molecular weight excluding hydrogens is 246 g/mol. The van der Waals surface area contributed by atoms with Crippen LogP contribution in [0.3, 0.4) is 0 Å². The quantitative estimate of drug-likeness (QED) is 0.581. The Balaban J connectivity index is 3.46. The molecule has 0 aliphatic rings. The molecule has 0 aromatic heterocycles. The molecule has 0 radical (unpaired) electrons. The van der Waals surface area contributed by atoms with E-state index in [0.29, 0.717) is 0 Å². The van der Waals surface area contributed by atoms with Gasteiger partial charge in [0, 0.05) is 5.88 Å². The number of rotatable bonds is 4. The largest absolute Gasteiger partial charge is 0.469 e. The first kappa shape index (κ1) is 10.9. The van der Waals surface area contributed by atoms with Gasteiger partial charge in [0.1, 0.15) is 0 Å². The molecule has 0 saturated carbocycles. The summed E-state index contributed by atoms with van der Waals surface area (Å²) in [6.07, 6.45) is 0. The highest BCUT2D eigenvalue weighted by atomic mass is 79.9. The van der Waals surface area contributed by atoms with Gasteiger partial charge in [-0.25, -0.2) is 4.57 Å². The van der Waals surface area contributed by atoms with Crippen molar-refractivity contribution >= 4 is 35.4 Å². The lowest BCUT2D eigenvalue weighted by atomic mass is 10.5. The molecule has 0 aromatic carbocycles. The maximum Gasteiger partial charge on any atom is 0.469 e. The summed E-state index contributed by atoms with van der Waals surface area (Å²) in [7, 11) is -4.32. The summed E-state index contributed by atoms with van der Waals surface area (Å²) in [5.41, 5.74) is 0. The van der Waals surface area contributed by atoms with Gasteiger partial charge in [0.05, 0.1) is 11.4 Å². The first-order valence-corrected chi connectivity index (χ1v) is 5.34. The topological polar surface area (TPSA) is 66.8 Å². The van der Waals surface area contributed by atoms with E-state index in [1.165, 1.54) is 0 Å². The molecule has 0 heterocycles. The maximum atomic E-state index is 10.1. The van der Waals surface area contributed by atoms with Crippen molar-refractivity contribution in [3.63, 3.8) is 0 Å². The van der Waals surface area contributed by atoms with Crippen molar-refractivity contribution in [2.75, 3.05) is 12.5 Å². The molecule has 10 heavy (non-hydrogen) atoms. The minimum atomic E-state index is -4.32.